The molecule has 0 N–H and O–H groups in total. The van der Waals surface area contributed by atoms with Crippen LogP contribution in [0.2, 0.25) is 0 Å². The number of hydrogen-bond acceptors (Lipinski definition) is 5. The zero-order chi connectivity index (χ0) is 14.2. The number of esters is 1. The van der Waals surface area contributed by atoms with Crippen LogP contribution in [0.25, 0.3) is 0 Å². The summed E-state index contributed by atoms with van der Waals surface area (Å²) in [4.78, 5) is 36.7. The Labute approximate surface area is 122 Å². The third kappa shape index (κ3) is 2.46. The summed E-state index contributed by atoms with van der Waals surface area (Å²) in [5, 5.41) is 2.43. The molecule has 19 heavy (non-hydrogen) atoms. The summed E-state index contributed by atoms with van der Waals surface area (Å²) < 4.78 is 6.86. The minimum atomic E-state index is -0.591. The van der Waals surface area contributed by atoms with Gasteiger partial charge < -0.3 is 4.74 Å². The van der Waals surface area contributed by atoms with Crippen molar-refractivity contribution in [1.29, 1.82) is 0 Å². The predicted octanol–water partition coefficient (Wildman–Crippen LogP) is 1.15. The Morgan fingerprint density at radius 1 is 1.58 bits per heavy atom. The molecule has 0 aromatic rings. The van der Waals surface area contributed by atoms with E-state index in [0.29, 0.717) is 9.53 Å². The van der Waals surface area contributed by atoms with Gasteiger partial charge in [-0.3, -0.25) is 0 Å². The van der Waals surface area contributed by atoms with Crippen LogP contribution < -0.4 is 0 Å². The molecule has 3 amide bonds. The van der Waals surface area contributed by atoms with E-state index in [2.05, 4.69) is 15.9 Å². The van der Waals surface area contributed by atoms with E-state index in [9.17, 15) is 14.4 Å². The number of carbonyl (C=O) groups excluding carboxylic acids is 3. The second-order valence-corrected chi connectivity index (χ2v) is 5.77. The first-order chi connectivity index (χ1) is 8.97. The van der Waals surface area contributed by atoms with Gasteiger partial charge in [-0.2, -0.15) is 9.37 Å². The van der Waals surface area contributed by atoms with Crippen molar-refractivity contribution in [3.8, 4) is 0 Å². The zero-order valence-corrected chi connectivity index (χ0v) is 12.8. The van der Waals surface area contributed by atoms with Gasteiger partial charge in [-0.05, 0) is 12.3 Å². The SMILES string of the molecule is CCOC(=O)CN1C(=O)C2C(Br)=CSC2=[N+](C)C1=O. The first-order valence-electron chi connectivity index (χ1n) is 5.61. The summed E-state index contributed by atoms with van der Waals surface area (Å²) in [5.41, 5.74) is 0. The highest BCUT2D eigenvalue weighted by Gasteiger charge is 2.51. The van der Waals surface area contributed by atoms with Crippen LogP contribution in [0.5, 0.6) is 0 Å². The van der Waals surface area contributed by atoms with E-state index in [4.69, 9.17) is 4.74 Å². The number of imide groups is 1. The number of hydrogen-bond donors (Lipinski definition) is 0. The highest BCUT2D eigenvalue weighted by molar-refractivity contribution is 9.12. The maximum Gasteiger partial charge on any atom is 0.501 e. The topological polar surface area (TPSA) is 66.7 Å². The van der Waals surface area contributed by atoms with Crippen LogP contribution >= 0.6 is 27.7 Å². The molecule has 6 nitrogen and oxygen atoms in total. The molecule has 0 fully saturated rings. The molecule has 102 valence electrons. The molecule has 1 atom stereocenters. The summed E-state index contributed by atoms with van der Waals surface area (Å²) in [6.07, 6.45) is 0. The van der Waals surface area contributed by atoms with Crippen molar-refractivity contribution in [1.82, 2.24) is 4.90 Å². The number of ether oxygens (including phenoxy) is 1. The molecule has 0 aromatic heterocycles. The second kappa shape index (κ2) is 5.46. The van der Waals surface area contributed by atoms with Gasteiger partial charge in [0.15, 0.2) is 17.5 Å². The highest BCUT2D eigenvalue weighted by Crippen LogP contribution is 2.38. The van der Waals surface area contributed by atoms with Gasteiger partial charge in [0.2, 0.25) is 0 Å². The average Bonchev–Trinajstić information content (AvgIpc) is 2.74. The fourth-order valence-corrected chi connectivity index (χ4v) is 3.69. The first-order valence-corrected chi connectivity index (χ1v) is 7.28. The van der Waals surface area contributed by atoms with Crippen molar-refractivity contribution in [2.24, 2.45) is 5.92 Å². The van der Waals surface area contributed by atoms with Crippen LogP contribution in [0.1, 0.15) is 6.92 Å². The van der Waals surface area contributed by atoms with Gasteiger partial charge in [0.05, 0.1) is 13.7 Å². The van der Waals surface area contributed by atoms with Crippen molar-refractivity contribution in [3.63, 3.8) is 0 Å². The Hall–Kier alpha value is -1.15. The van der Waals surface area contributed by atoms with Crippen LogP contribution in [0, 0.1) is 5.92 Å². The number of halogens is 1. The first kappa shape index (κ1) is 14.3. The number of carbonyl (C=O) groups is 3. The molecule has 0 bridgehead atoms. The molecule has 2 rings (SSSR count). The molecule has 0 saturated heterocycles. The fourth-order valence-electron chi connectivity index (χ4n) is 1.87. The summed E-state index contributed by atoms with van der Waals surface area (Å²) in [7, 11) is 1.59. The monoisotopic (exact) mass is 347 g/mol. The average molecular weight is 348 g/mol. The van der Waals surface area contributed by atoms with Crippen LogP contribution in [-0.2, 0) is 14.3 Å². The van der Waals surface area contributed by atoms with Crippen LogP contribution in [0.15, 0.2) is 9.89 Å². The van der Waals surface area contributed by atoms with E-state index >= 15 is 0 Å². The second-order valence-electron chi connectivity index (χ2n) is 3.96. The Balaban J connectivity index is 2.28. The largest absolute Gasteiger partial charge is 0.501 e. The maximum absolute atomic E-state index is 12.3. The smallest absolute Gasteiger partial charge is 0.463 e. The number of nitrogens with zero attached hydrogens (tertiary/aromatic N) is 2. The van der Waals surface area contributed by atoms with Gasteiger partial charge in [-0.1, -0.05) is 27.7 Å². The zero-order valence-electron chi connectivity index (χ0n) is 10.4. The number of rotatable bonds is 3. The Bertz CT molecular complexity index is 529. The van der Waals surface area contributed by atoms with Gasteiger partial charge in [-0.15, -0.1) is 4.90 Å². The predicted molar refractivity (Wildman–Crippen MR) is 73.0 cm³/mol. The quantitative estimate of drug-likeness (QED) is 0.566. The third-order valence-electron chi connectivity index (χ3n) is 2.77. The minimum absolute atomic E-state index is 0.213. The number of fused-ring (bicyclic) bond motifs is 1. The van der Waals surface area contributed by atoms with Crippen molar-refractivity contribution in [3.05, 3.63) is 9.89 Å². The van der Waals surface area contributed by atoms with Gasteiger partial charge >= 0.3 is 17.9 Å². The van der Waals surface area contributed by atoms with E-state index in [1.165, 1.54) is 16.3 Å². The normalized spacial score (nSPS) is 22.6. The van der Waals surface area contributed by atoms with E-state index in [1.807, 2.05) is 0 Å². The molecule has 1 unspecified atom stereocenters. The molecular weight excluding hydrogens is 336 g/mol. The van der Waals surface area contributed by atoms with Gasteiger partial charge in [0, 0.05) is 4.48 Å². The van der Waals surface area contributed by atoms with E-state index in [-0.39, 0.29) is 13.2 Å². The van der Waals surface area contributed by atoms with Crippen LogP contribution in [0.3, 0.4) is 0 Å². The molecule has 0 spiro atoms. The van der Waals surface area contributed by atoms with Gasteiger partial charge in [0.1, 0.15) is 0 Å². The van der Waals surface area contributed by atoms with E-state index < -0.39 is 23.8 Å². The molecular formula is C11H12BrN2O4S+. The van der Waals surface area contributed by atoms with Crippen molar-refractivity contribution in [2.75, 3.05) is 20.2 Å². The Morgan fingerprint density at radius 3 is 2.89 bits per heavy atom. The van der Waals surface area contributed by atoms with Crippen LogP contribution in [-0.4, -0.2) is 52.6 Å². The lowest BCUT2D eigenvalue weighted by Crippen LogP contribution is -2.53. The molecule has 0 aromatic carbocycles. The molecule has 0 aliphatic carbocycles. The van der Waals surface area contributed by atoms with E-state index in [0.717, 1.165) is 4.90 Å². The number of amides is 3. The summed E-state index contributed by atoms with van der Waals surface area (Å²) >= 11 is 4.64. The lowest BCUT2D eigenvalue weighted by molar-refractivity contribution is -0.403. The van der Waals surface area contributed by atoms with E-state index in [1.54, 1.807) is 19.4 Å². The van der Waals surface area contributed by atoms with Gasteiger partial charge in [0.25, 0.3) is 0 Å². The highest BCUT2D eigenvalue weighted by atomic mass is 79.9. The third-order valence-corrected chi connectivity index (χ3v) is 4.88. The molecule has 0 radical (unpaired) electrons. The number of thioether (sulfide) groups is 1. The number of urea groups is 1. The van der Waals surface area contributed by atoms with Crippen molar-refractivity contribution in [2.45, 2.75) is 6.92 Å². The Morgan fingerprint density at radius 2 is 2.26 bits per heavy atom. The lowest BCUT2D eigenvalue weighted by Gasteiger charge is -2.22. The van der Waals surface area contributed by atoms with Gasteiger partial charge in [-0.25, -0.2) is 9.59 Å². The summed E-state index contributed by atoms with van der Waals surface area (Å²) in [6, 6.07) is -0.507. The molecule has 2 aliphatic rings. The molecule has 0 saturated carbocycles. The van der Waals surface area contributed by atoms with Crippen molar-refractivity contribution >= 4 is 50.6 Å². The summed E-state index contributed by atoms with van der Waals surface area (Å²) in [5.74, 6) is -1.52. The standard InChI is InChI=1S/C11H12BrN2O4S/c1-3-18-7(15)4-14-9(16)8-6(12)5-19-10(8)13(2)11(14)17/h5,8H,3-4H2,1-2H3/q+1. The molecule has 2 heterocycles. The lowest BCUT2D eigenvalue weighted by atomic mass is 10.1. The van der Waals surface area contributed by atoms with Crippen LogP contribution in [0.4, 0.5) is 4.79 Å². The van der Waals surface area contributed by atoms with Crippen molar-refractivity contribution < 1.29 is 23.7 Å². The molecule has 8 heteroatoms. The molecule has 2 aliphatic heterocycles. The maximum atomic E-state index is 12.3. The Kier molecular flexibility index (Phi) is 4.10. The fraction of sp³-hybridized carbons (Fsp3) is 0.455. The minimum Gasteiger partial charge on any atom is -0.463 e. The summed E-state index contributed by atoms with van der Waals surface area (Å²) in [6.45, 7) is 1.53.